The largest absolute Gasteiger partial charge is 0.303 e. The molecule has 1 rings (SSSR count). The van der Waals surface area contributed by atoms with Crippen LogP contribution in [0.3, 0.4) is 0 Å². The Morgan fingerprint density at radius 2 is 1.64 bits per heavy atom. The van der Waals surface area contributed by atoms with E-state index in [2.05, 4.69) is 10.8 Å². The number of nitrogens with zero attached hydrogens (tertiary/aromatic N) is 1. The second-order valence-electron chi connectivity index (χ2n) is 4.27. The molecule has 0 N–H and O–H groups in total. The van der Waals surface area contributed by atoms with Gasteiger partial charge in [-0.2, -0.15) is 0 Å². The standard InChI is InChI=1S/C13H23N/c1-2-3-4-5-6-8-11-14-12-9-7-10-13-14/h1H,3-13H2. The van der Waals surface area contributed by atoms with E-state index in [9.17, 15) is 0 Å². The molecule has 0 amide bonds. The first-order chi connectivity index (χ1) is 6.93. The molecule has 1 saturated heterocycles. The van der Waals surface area contributed by atoms with Gasteiger partial charge in [0.2, 0.25) is 0 Å². The summed E-state index contributed by atoms with van der Waals surface area (Å²) in [6, 6.07) is 0. The minimum absolute atomic E-state index is 0.962. The van der Waals surface area contributed by atoms with Gasteiger partial charge in [0, 0.05) is 6.42 Å². The van der Waals surface area contributed by atoms with Crippen LogP contribution in [-0.4, -0.2) is 24.5 Å². The van der Waals surface area contributed by atoms with Crippen molar-refractivity contribution < 1.29 is 0 Å². The summed E-state index contributed by atoms with van der Waals surface area (Å²) in [7, 11) is 0. The molecule has 0 aromatic rings. The molecule has 1 heterocycles. The van der Waals surface area contributed by atoms with E-state index in [1.54, 1.807) is 0 Å². The van der Waals surface area contributed by atoms with E-state index in [1.807, 2.05) is 0 Å². The van der Waals surface area contributed by atoms with Crippen LogP contribution in [0.4, 0.5) is 0 Å². The van der Waals surface area contributed by atoms with Crippen molar-refractivity contribution in [3.63, 3.8) is 0 Å². The van der Waals surface area contributed by atoms with Gasteiger partial charge in [0.15, 0.2) is 0 Å². The highest BCUT2D eigenvalue weighted by atomic mass is 15.1. The average Bonchev–Trinajstić information content (AvgIpc) is 2.25. The Kier molecular flexibility index (Phi) is 6.53. The first kappa shape index (κ1) is 11.6. The molecule has 1 aliphatic rings. The van der Waals surface area contributed by atoms with Gasteiger partial charge in [-0.1, -0.05) is 19.3 Å². The van der Waals surface area contributed by atoms with Gasteiger partial charge in [0.05, 0.1) is 0 Å². The highest BCUT2D eigenvalue weighted by Crippen LogP contribution is 2.10. The molecule has 0 atom stereocenters. The van der Waals surface area contributed by atoms with Crippen LogP contribution >= 0.6 is 0 Å². The van der Waals surface area contributed by atoms with Gasteiger partial charge in [0.25, 0.3) is 0 Å². The molecule has 0 spiro atoms. The zero-order chi connectivity index (χ0) is 10.1. The van der Waals surface area contributed by atoms with Crippen LogP contribution < -0.4 is 0 Å². The van der Waals surface area contributed by atoms with E-state index >= 15 is 0 Å². The minimum Gasteiger partial charge on any atom is -0.303 e. The molecule has 1 heteroatoms. The first-order valence-corrected chi connectivity index (χ1v) is 6.09. The van der Waals surface area contributed by atoms with Crippen molar-refractivity contribution in [2.45, 2.75) is 51.4 Å². The molecule has 1 fully saturated rings. The fourth-order valence-electron chi connectivity index (χ4n) is 2.10. The Labute approximate surface area is 88.9 Å². The smallest absolute Gasteiger partial charge is 0.00860 e. The van der Waals surface area contributed by atoms with Crippen LogP contribution in [0.15, 0.2) is 0 Å². The quantitative estimate of drug-likeness (QED) is 0.463. The highest BCUT2D eigenvalue weighted by molar-refractivity contribution is 4.82. The Bertz CT molecular complexity index is 163. The third kappa shape index (κ3) is 5.29. The number of likely N-dealkylation sites (tertiary alicyclic amines) is 1. The van der Waals surface area contributed by atoms with Crippen molar-refractivity contribution >= 4 is 0 Å². The van der Waals surface area contributed by atoms with Crippen LogP contribution in [0.2, 0.25) is 0 Å². The van der Waals surface area contributed by atoms with E-state index in [0.717, 1.165) is 6.42 Å². The molecular formula is C13H23N. The Hall–Kier alpha value is -0.480. The number of unbranched alkanes of at least 4 members (excludes halogenated alkanes) is 4. The molecular weight excluding hydrogens is 170 g/mol. The molecule has 0 unspecified atom stereocenters. The zero-order valence-corrected chi connectivity index (χ0v) is 9.30. The monoisotopic (exact) mass is 193 g/mol. The average molecular weight is 193 g/mol. The number of hydrogen-bond acceptors (Lipinski definition) is 1. The van der Waals surface area contributed by atoms with E-state index in [-0.39, 0.29) is 0 Å². The molecule has 1 nitrogen and oxygen atoms in total. The first-order valence-electron chi connectivity index (χ1n) is 6.09. The molecule has 0 saturated carbocycles. The number of piperidine rings is 1. The van der Waals surface area contributed by atoms with Crippen LogP contribution in [0.1, 0.15) is 51.4 Å². The van der Waals surface area contributed by atoms with E-state index in [1.165, 1.54) is 64.6 Å². The third-order valence-corrected chi connectivity index (χ3v) is 2.99. The molecule has 0 bridgehead atoms. The van der Waals surface area contributed by atoms with E-state index in [4.69, 9.17) is 6.42 Å². The van der Waals surface area contributed by atoms with Crippen molar-refractivity contribution in [2.24, 2.45) is 0 Å². The summed E-state index contributed by atoms with van der Waals surface area (Å²) in [5.74, 6) is 2.70. The second-order valence-corrected chi connectivity index (χ2v) is 4.27. The molecule has 0 aliphatic carbocycles. The van der Waals surface area contributed by atoms with Gasteiger partial charge in [-0.15, -0.1) is 12.3 Å². The van der Waals surface area contributed by atoms with Gasteiger partial charge in [0.1, 0.15) is 0 Å². The lowest BCUT2D eigenvalue weighted by Gasteiger charge is -2.26. The van der Waals surface area contributed by atoms with Gasteiger partial charge < -0.3 is 4.90 Å². The van der Waals surface area contributed by atoms with Crippen molar-refractivity contribution in [3.8, 4) is 12.3 Å². The molecule has 0 aromatic carbocycles. The fourth-order valence-corrected chi connectivity index (χ4v) is 2.10. The number of rotatable bonds is 6. The number of hydrogen-bond donors (Lipinski definition) is 0. The topological polar surface area (TPSA) is 3.24 Å². The maximum Gasteiger partial charge on any atom is 0.00860 e. The van der Waals surface area contributed by atoms with Gasteiger partial charge in [-0.05, 0) is 45.3 Å². The molecule has 80 valence electrons. The predicted molar refractivity (Wildman–Crippen MR) is 62.2 cm³/mol. The van der Waals surface area contributed by atoms with Crippen LogP contribution in [0.5, 0.6) is 0 Å². The summed E-state index contributed by atoms with van der Waals surface area (Å²) in [5, 5.41) is 0. The van der Waals surface area contributed by atoms with Crippen molar-refractivity contribution in [1.29, 1.82) is 0 Å². The lowest BCUT2D eigenvalue weighted by Crippen LogP contribution is -2.30. The lowest BCUT2D eigenvalue weighted by atomic mass is 10.1. The van der Waals surface area contributed by atoms with Crippen molar-refractivity contribution in [1.82, 2.24) is 4.90 Å². The summed E-state index contributed by atoms with van der Waals surface area (Å²) in [5.41, 5.74) is 0. The lowest BCUT2D eigenvalue weighted by molar-refractivity contribution is 0.224. The molecule has 14 heavy (non-hydrogen) atoms. The van der Waals surface area contributed by atoms with Crippen LogP contribution in [0.25, 0.3) is 0 Å². The second kappa shape index (κ2) is 7.88. The molecule has 0 radical (unpaired) electrons. The van der Waals surface area contributed by atoms with Crippen molar-refractivity contribution in [2.75, 3.05) is 19.6 Å². The van der Waals surface area contributed by atoms with Crippen LogP contribution in [0, 0.1) is 12.3 Å². The normalized spacial score (nSPS) is 17.9. The van der Waals surface area contributed by atoms with Gasteiger partial charge >= 0.3 is 0 Å². The summed E-state index contributed by atoms with van der Waals surface area (Å²) >= 11 is 0. The number of terminal acetylenes is 1. The molecule has 0 aromatic heterocycles. The van der Waals surface area contributed by atoms with Crippen molar-refractivity contribution in [3.05, 3.63) is 0 Å². The zero-order valence-electron chi connectivity index (χ0n) is 9.30. The maximum atomic E-state index is 5.20. The Morgan fingerprint density at radius 1 is 0.929 bits per heavy atom. The summed E-state index contributed by atoms with van der Waals surface area (Å²) in [6.07, 6.45) is 15.7. The summed E-state index contributed by atoms with van der Waals surface area (Å²) < 4.78 is 0. The minimum atomic E-state index is 0.962. The fraction of sp³-hybridized carbons (Fsp3) is 0.846. The Balaban J connectivity index is 1.85. The summed E-state index contributed by atoms with van der Waals surface area (Å²) in [4.78, 5) is 2.62. The van der Waals surface area contributed by atoms with E-state index < -0.39 is 0 Å². The van der Waals surface area contributed by atoms with Crippen LogP contribution in [-0.2, 0) is 0 Å². The van der Waals surface area contributed by atoms with E-state index in [0.29, 0.717) is 0 Å². The SMILES string of the molecule is C#CCCCCCCN1CCCCC1. The van der Waals surface area contributed by atoms with Gasteiger partial charge in [-0.25, -0.2) is 0 Å². The Morgan fingerprint density at radius 3 is 2.36 bits per heavy atom. The van der Waals surface area contributed by atoms with Gasteiger partial charge in [-0.3, -0.25) is 0 Å². The maximum absolute atomic E-state index is 5.20. The third-order valence-electron chi connectivity index (χ3n) is 2.99. The predicted octanol–water partition coefficient (Wildman–Crippen LogP) is 3.06. The summed E-state index contributed by atoms with van der Waals surface area (Å²) in [6.45, 7) is 3.99. The highest BCUT2D eigenvalue weighted by Gasteiger charge is 2.08. The molecule has 1 aliphatic heterocycles.